The second kappa shape index (κ2) is 4.60. The van der Waals surface area contributed by atoms with Crippen LogP contribution in [0.4, 0.5) is 0 Å². The zero-order valence-corrected chi connectivity index (χ0v) is 9.54. The maximum Gasteiger partial charge on any atom is 0.186 e. The summed E-state index contributed by atoms with van der Waals surface area (Å²) in [6.45, 7) is 3.68. The van der Waals surface area contributed by atoms with Crippen LogP contribution in [0.15, 0.2) is 53.9 Å². The molecule has 0 aromatic heterocycles. The van der Waals surface area contributed by atoms with E-state index >= 15 is 0 Å². The molecule has 82 valence electrons. The first-order valence-electron chi connectivity index (χ1n) is 4.96. The monoisotopic (exact) mass is 232 g/mol. The van der Waals surface area contributed by atoms with Gasteiger partial charge in [0.05, 0.1) is 4.90 Å². The molecule has 0 heterocycles. The standard InChI is InChI=1S/C13H12O2S/c1-2-5-12-11-7-4-3-6-10(11)8-9-13(12)16(14)15/h2-4,6-9H,1,5H2,(H,14,15). The molecule has 3 heteroatoms. The first-order chi connectivity index (χ1) is 7.74. The average molecular weight is 232 g/mol. The summed E-state index contributed by atoms with van der Waals surface area (Å²) in [7, 11) is 0. The van der Waals surface area contributed by atoms with Crippen molar-refractivity contribution >= 4 is 21.9 Å². The molecule has 0 amide bonds. The van der Waals surface area contributed by atoms with Gasteiger partial charge < -0.3 is 4.55 Å². The van der Waals surface area contributed by atoms with Crippen molar-refractivity contribution < 1.29 is 8.76 Å². The van der Waals surface area contributed by atoms with Gasteiger partial charge in [-0.25, -0.2) is 4.21 Å². The topological polar surface area (TPSA) is 37.3 Å². The van der Waals surface area contributed by atoms with Crippen molar-refractivity contribution in [2.45, 2.75) is 11.3 Å². The minimum atomic E-state index is -1.95. The molecule has 2 nitrogen and oxygen atoms in total. The first-order valence-corrected chi connectivity index (χ1v) is 6.07. The van der Waals surface area contributed by atoms with Crippen LogP contribution in [0.5, 0.6) is 0 Å². The molecule has 0 radical (unpaired) electrons. The molecular formula is C13H12O2S. The fourth-order valence-electron chi connectivity index (χ4n) is 1.83. The van der Waals surface area contributed by atoms with E-state index in [1.807, 2.05) is 30.3 Å². The van der Waals surface area contributed by atoms with E-state index in [1.165, 1.54) is 0 Å². The molecule has 16 heavy (non-hydrogen) atoms. The maximum atomic E-state index is 11.2. The Morgan fingerprint density at radius 2 is 2.00 bits per heavy atom. The molecule has 0 aliphatic rings. The van der Waals surface area contributed by atoms with Crippen LogP contribution >= 0.6 is 0 Å². The first kappa shape index (κ1) is 11.0. The summed E-state index contributed by atoms with van der Waals surface area (Å²) >= 11 is -1.95. The predicted octanol–water partition coefficient (Wildman–Crippen LogP) is 3.15. The summed E-state index contributed by atoms with van der Waals surface area (Å²) in [6.07, 6.45) is 2.35. The van der Waals surface area contributed by atoms with Gasteiger partial charge in [-0.05, 0) is 28.8 Å². The van der Waals surface area contributed by atoms with Crippen LogP contribution < -0.4 is 0 Å². The highest BCUT2D eigenvalue weighted by Gasteiger charge is 2.10. The molecule has 0 aliphatic carbocycles. The molecule has 0 spiro atoms. The summed E-state index contributed by atoms with van der Waals surface area (Å²) < 4.78 is 20.4. The van der Waals surface area contributed by atoms with Gasteiger partial charge in [0, 0.05) is 0 Å². The van der Waals surface area contributed by atoms with Crippen LogP contribution in [0.25, 0.3) is 10.8 Å². The van der Waals surface area contributed by atoms with Gasteiger partial charge in [0.2, 0.25) is 0 Å². The van der Waals surface area contributed by atoms with Crippen molar-refractivity contribution in [1.82, 2.24) is 0 Å². The normalized spacial score (nSPS) is 12.6. The van der Waals surface area contributed by atoms with Gasteiger partial charge in [-0.15, -0.1) is 6.58 Å². The van der Waals surface area contributed by atoms with Crippen molar-refractivity contribution in [3.05, 3.63) is 54.6 Å². The molecular weight excluding hydrogens is 220 g/mol. The Kier molecular flexibility index (Phi) is 3.17. The number of allylic oxidation sites excluding steroid dienone is 1. The fourth-order valence-corrected chi connectivity index (χ4v) is 2.42. The van der Waals surface area contributed by atoms with Gasteiger partial charge in [-0.1, -0.05) is 36.4 Å². The van der Waals surface area contributed by atoms with Gasteiger partial charge in [-0.3, -0.25) is 0 Å². The molecule has 2 aromatic rings. The lowest BCUT2D eigenvalue weighted by atomic mass is 10.0. The largest absolute Gasteiger partial charge is 0.302 e. The smallest absolute Gasteiger partial charge is 0.186 e. The maximum absolute atomic E-state index is 11.2. The van der Waals surface area contributed by atoms with E-state index in [2.05, 4.69) is 6.58 Å². The van der Waals surface area contributed by atoms with Gasteiger partial charge in [-0.2, -0.15) is 0 Å². The van der Waals surface area contributed by atoms with Crippen LogP contribution in [0.3, 0.4) is 0 Å². The van der Waals surface area contributed by atoms with E-state index in [9.17, 15) is 8.76 Å². The highest BCUT2D eigenvalue weighted by Crippen LogP contribution is 2.25. The third kappa shape index (κ3) is 1.92. The summed E-state index contributed by atoms with van der Waals surface area (Å²) in [5, 5.41) is 2.09. The molecule has 0 saturated carbocycles. The van der Waals surface area contributed by atoms with Crippen molar-refractivity contribution in [3.8, 4) is 0 Å². The minimum absolute atomic E-state index is 0.471. The van der Waals surface area contributed by atoms with Crippen molar-refractivity contribution in [3.63, 3.8) is 0 Å². The number of benzene rings is 2. The zero-order valence-electron chi connectivity index (χ0n) is 8.72. The second-order valence-corrected chi connectivity index (χ2v) is 4.44. The van der Waals surface area contributed by atoms with Crippen molar-refractivity contribution in [2.24, 2.45) is 0 Å². The quantitative estimate of drug-likeness (QED) is 0.652. The van der Waals surface area contributed by atoms with Crippen molar-refractivity contribution in [2.75, 3.05) is 0 Å². The van der Waals surface area contributed by atoms with E-state index in [0.29, 0.717) is 11.3 Å². The predicted molar refractivity (Wildman–Crippen MR) is 66.9 cm³/mol. The van der Waals surface area contributed by atoms with Crippen LogP contribution in [-0.4, -0.2) is 8.76 Å². The van der Waals surface area contributed by atoms with Gasteiger partial charge in [0.25, 0.3) is 0 Å². The summed E-state index contributed by atoms with van der Waals surface area (Å²) in [5.41, 5.74) is 0.883. The molecule has 0 aliphatic heterocycles. The van der Waals surface area contributed by atoms with Gasteiger partial charge in [0.15, 0.2) is 11.1 Å². The molecule has 0 bridgehead atoms. The van der Waals surface area contributed by atoms with E-state index in [4.69, 9.17) is 0 Å². The van der Waals surface area contributed by atoms with Crippen LogP contribution in [0.1, 0.15) is 5.56 Å². The lowest BCUT2D eigenvalue weighted by Crippen LogP contribution is -1.96. The summed E-state index contributed by atoms with van der Waals surface area (Å²) in [4.78, 5) is 0.471. The lowest BCUT2D eigenvalue weighted by molar-refractivity contribution is 0.563. The number of hydrogen-bond acceptors (Lipinski definition) is 1. The van der Waals surface area contributed by atoms with Crippen LogP contribution in [-0.2, 0) is 17.5 Å². The van der Waals surface area contributed by atoms with E-state index in [0.717, 1.165) is 16.3 Å². The Morgan fingerprint density at radius 1 is 1.25 bits per heavy atom. The fraction of sp³-hybridized carbons (Fsp3) is 0.0769. The minimum Gasteiger partial charge on any atom is -0.302 e. The Hall–Kier alpha value is -1.45. The Bertz CT molecular complexity index is 561. The molecule has 1 atom stereocenters. The summed E-state index contributed by atoms with van der Waals surface area (Å²) in [6, 6.07) is 11.4. The number of fused-ring (bicyclic) bond motifs is 1. The van der Waals surface area contributed by atoms with E-state index < -0.39 is 11.1 Å². The van der Waals surface area contributed by atoms with Gasteiger partial charge in [0.1, 0.15) is 0 Å². The molecule has 2 aromatic carbocycles. The van der Waals surface area contributed by atoms with Crippen molar-refractivity contribution in [1.29, 1.82) is 0 Å². The molecule has 2 rings (SSSR count). The molecule has 0 saturated heterocycles. The molecule has 1 N–H and O–H groups in total. The SMILES string of the molecule is C=CCc1c(S(=O)O)ccc2ccccc12. The molecule has 1 unspecified atom stereocenters. The zero-order chi connectivity index (χ0) is 11.5. The van der Waals surface area contributed by atoms with Crippen LogP contribution in [0, 0.1) is 0 Å². The lowest BCUT2D eigenvalue weighted by Gasteiger charge is -2.08. The molecule has 0 fully saturated rings. The highest BCUT2D eigenvalue weighted by molar-refractivity contribution is 7.79. The average Bonchev–Trinajstić information content (AvgIpc) is 2.29. The van der Waals surface area contributed by atoms with Crippen LogP contribution in [0.2, 0.25) is 0 Å². The summed E-state index contributed by atoms with van der Waals surface area (Å²) in [5.74, 6) is 0. The third-order valence-electron chi connectivity index (χ3n) is 2.53. The highest BCUT2D eigenvalue weighted by atomic mass is 32.2. The number of rotatable bonds is 3. The van der Waals surface area contributed by atoms with E-state index in [1.54, 1.807) is 12.1 Å². The Labute approximate surface area is 96.9 Å². The Balaban J connectivity index is 2.78. The Morgan fingerprint density at radius 3 is 2.69 bits per heavy atom. The number of hydrogen-bond donors (Lipinski definition) is 1. The second-order valence-electron chi connectivity index (χ2n) is 3.51. The van der Waals surface area contributed by atoms with E-state index in [-0.39, 0.29) is 0 Å². The third-order valence-corrected chi connectivity index (χ3v) is 3.29. The van der Waals surface area contributed by atoms with Gasteiger partial charge >= 0.3 is 0 Å².